The predicted molar refractivity (Wildman–Crippen MR) is 415 cm³/mol. The van der Waals surface area contributed by atoms with Crippen molar-refractivity contribution in [3.05, 3.63) is 394 Å². The van der Waals surface area contributed by atoms with Crippen LogP contribution in [0.4, 0.5) is 0 Å². The number of rotatable bonds is 15. The van der Waals surface area contributed by atoms with Crippen molar-refractivity contribution in [3.8, 4) is 86.2 Å². The zero-order valence-corrected chi connectivity index (χ0v) is 57.2. The molecule has 0 bridgehead atoms. The van der Waals surface area contributed by atoms with E-state index in [0.29, 0.717) is 19.8 Å². The Morgan fingerprint density at radius 3 is 0.835 bits per heavy atom. The Kier molecular flexibility index (Phi) is 15.5. The van der Waals surface area contributed by atoms with Crippen molar-refractivity contribution >= 4 is 32.3 Å². The van der Waals surface area contributed by atoms with Crippen LogP contribution in [0.5, 0.6) is 17.2 Å². The van der Waals surface area contributed by atoms with Gasteiger partial charge >= 0.3 is 0 Å². The van der Waals surface area contributed by atoms with E-state index in [4.69, 9.17) is 29.2 Å². The van der Waals surface area contributed by atoms with Crippen molar-refractivity contribution in [1.29, 1.82) is 0 Å². The molecule has 0 radical (unpaired) electrons. The van der Waals surface area contributed by atoms with Crippen LogP contribution in [-0.2, 0) is 16.2 Å². The number of aromatic nitrogens is 3. The van der Waals surface area contributed by atoms with Crippen LogP contribution < -0.4 is 14.2 Å². The molecular formula is C97H67N3O3. The Labute approximate surface area is 600 Å². The first kappa shape index (κ1) is 62.2. The highest BCUT2D eigenvalue weighted by Crippen LogP contribution is 2.60. The molecule has 18 rings (SSSR count). The fraction of sp³-hybridized carbons (Fsp3) is 0.103. The highest BCUT2D eigenvalue weighted by molar-refractivity contribution is 5.94. The molecule has 0 aliphatic heterocycles. The minimum absolute atomic E-state index is 0.215. The zero-order valence-electron chi connectivity index (χ0n) is 57.2. The average molecular weight is 1320 g/mol. The maximum atomic E-state index is 6.07. The van der Waals surface area contributed by atoms with E-state index in [9.17, 15) is 0 Å². The Bertz CT molecular complexity index is 5370. The molecule has 488 valence electrons. The smallest absolute Gasteiger partial charge is 0.149 e. The Hall–Kier alpha value is -13.1. The SMILES string of the molecule is CC#CCOc1ccc2cc(C3(c4ccc(C(c5ccc(C6(c7ccc8cc(OCC#CC)ccc8c7)c7ccccc7-c7cnccc76)cc5)c5ccc(C6(c7ccc8cc(OCC#CC)ccc8c7)c7ccccc7-c7cnccc76)cc5)cc4)c4ccccc4-c4cnccc43)ccc2c1. The number of hydrogen-bond acceptors (Lipinski definition) is 6. The van der Waals surface area contributed by atoms with Gasteiger partial charge in [0.25, 0.3) is 0 Å². The van der Waals surface area contributed by atoms with E-state index in [-0.39, 0.29) is 5.92 Å². The number of benzene rings is 12. The molecule has 0 saturated heterocycles. The average Bonchev–Trinajstić information content (AvgIpc) is 1.58. The lowest BCUT2D eigenvalue weighted by Gasteiger charge is -2.35. The van der Waals surface area contributed by atoms with Gasteiger partial charge in [-0.2, -0.15) is 0 Å². The molecule has 12 aromatic carbocycles. The molecule has 0 amide bonds. The monoisotopic (exact) mass is 1320 g/mol. The van der Waals surface area contributed by atoms with Gasteiger partial charge in [0.2, 0.25) is 0 Å². The van der Waals surface area contributed by atoms with E-state index in [1.165, 1.54) is 66.8 Å². The first-order chi connectivity index (χ1) is 50.9. The molecule has 3 heterocycles. The van der Waals surface area contributed by atoms with Crippen LogP contribution in [-0.4, -0.2) is 34.8 Å². The second-order valence-electron chi connectivity index (χ2n) is 26.8. The lowest BCUT2D eigenvalue weighted by atomic mass is 9.66. The van der Waals surface area contributed by atoms with Crippen LogP contribution in [0.25, 0.3) is 65.7 Å². The molecule has 0 fully saturated rings. The minimum atomic E-state index is -0.688. The maximum absolute atomic E-state index is 6.07. The molecule has 3 aliphatic rings. The summed E-state index contributed by atoms with van der Waals surface area (Å²) in [6.45, 7) is 6.52. The summed E-state index contributed by atoms with van der Waals surface area (Å²) in [5.74, 6) is 20.1. The topological polar surface area (TPSA) is 66.4 Å². The van der Waals surface area contributed by atoms with Crippen molar-refractivity contribution in [2.24, 2.45) is 0 Å². The summed E-state index contributed by atoms with van der Waals surface area (Å²) in [4.78, 5) is 14.3. The third kappa shape index (κ3) is 9.95. The molecule has 15 aromatic rings. The fourth-order valence-corrected chi connectivity index (χ4v) is 17.3. The van der Waals surface area contributed by atoms with Gasteiger partial charge < -0.3 is 14.2 Å². The Morgan fingerprint density at radius 2 is 0.534 bits per heavy atom. The molecular weight excluding hydrogens is 1260 g/mol. The van der Waals surface area contributed by atoms with Gasteiger partial charge in [-0.05, 0) is 226 Å². The van der Waals surface area contributed by atoms with Crippen LogP contribution in [0.15, 0.2) is 310 Å². The normalized spacial score (nSPS) is 16.5. The summed E-state index contributed by atoms with van der Waals surface area (Å²) in [5.41, 5.74) is 22.6. The molecule has 3 unspecified atom stereocenters. The van der Waals surface area contributed by atoms with E-state index < -0.39 is 16.2 Å². The van der Waals surface area contributed by atoms with Crippen molar-refractivity contribution in [2.45, 2.75) is 42.9 Å². The number of nitrogens with zero attached hydrogens (tertiary/aromatic N) is 3. The number of hydrogen-bond donors (Lipinski definition) is 0. The third-order valence-electron chi connectivity index (χ3n) is 21.8. The summed E-state index contributed by atoms with van der Waals surface area (Å²) in [6, 6.07) is 102. The quantitative estimate of drug-likeness (QED) is 0.0753. The van der Waals surface area contributed by atoms with Crippen molar-refractivity contribution in [3.63, 3.8) is 0 Å². The summed E-state index contributed by atoms with van der Waals surface area (Å²) in [7, 11) is 0. The van der Waals surface area contributed by atoms with E-state index in [1.807, 2.05) is 58.0 Å². The first-order valence-electron chi connectivity index (χ1n) is 35.1. The van der Waals surface area contributed by atoms with Gasteiger partial charge in [-0.3, -0.25) is 15.0 Å². The molecule has 0 N–H and O–H groups in total. The molecule has 3 aliphatic carbocycles. The zero-order chi connectivity index (χ0) is 69.1. The van der Waals surface area contributed by atoms with Gasteiger partial charge in [-0.15, -0.1) is 17.8 Å². The fourth-order valence-electron chi connectivity index (χ4n) is 17.3. The third-order valence-corrected chi connectivity index (χ3v) is 21.8. The van der Waals surface area contributed by atoms with Gasteiger partial charge in [0.15, 0.2) is 0 Å². The van der Waals surface area contributed by atoms with Gasteiger partial charge in [-0.1, -0.05) is 218 Å². The first-order valence-corrected chi connectivity index (χ1v) is 35.1. The maximum Gasteiger partial charge on any atom is 0.149 e. The van der Waals surface area contributed by atoms with Gasteiger partial charge in [0, 0.05) is 59.8 Å². The van der Waals surface area contributed by atoms with Crippen molar-refractivity contribution < 1.29 is 14.2 Å². The molecule has 103 heavy (non-hydrogen) atoms. The van der Waals surface area contributed by atoms with Crippen LogP contribution in [0.1, 0.15) is 110 Å². The summed E-state index contributed by atoms with van der Waals surface area (Å²) >= 11 is 0. The van der Waals surface area contributed by atoms with E-state index in [1.54, 1.807) is 0 Å². The van der Waals surface area contributed by atoms with Crippen LogP contribution >= 0.6 is 0 Å². The predicted octanol–water partition coefficient (Wildman–Crippen LogP) is 20.8. The van der Waals surface area contributed by atoms with Gasteiger partial charge in [-0.25, -0.2) is 0 Å². The Balaban J connectivity index is 0.816. The van der Waals surface area contributed by atoms with E-state index >= 15 is 0 Å². The molecule has 6 heteroatoms. The minimum Gasteiger partial charge on any atom is -0.481 e. The number of ether oxygens (including phenoxy) is 3. The van der Waals surface area contributed by atoms with Gasteiger partial charge in [0.05, 0.1) is 16.2 Å². The van der Waals surface area contributed by atoms with Crippen LogP contribution in [0.3, 0.4) is 0 Å². The lowest BCUT2D eigenvalue weighted by Crippen LogP contribution is -2.29. The van der Waals surface area contributed by atoms with Crippen molar-refractivity contribution in [1.82, 2.24) is 15.0 Å². The standard InChI is InChI=1S/C97H67N3O3/c1-4-7-52-101-79-43-31-67-55-76(40-28-70(67)58-79)95(88-19-13-10-16-82(88)85-61-98-49-46-91(85)95)73-34-22-64(23-35-73)94(65-24-36-74(37-25-65)96(89-20-14-11-17-83(89)86-62-99-50-47-92(86)96)77-41-29-71-59-80(102-53-8-5-2)44-32-68(71)56-77)66-26-38-75(39-27-66)97(90-21-15-12-18-84(90)87-63-100-51-48-93(87)97)78-42-30-72-60-81(103-54-9-6-3)45-33-69(72)57-78/h10-51,55-63,94H,52-54H2,1-3H3. The van der Waals surface area contributed by atoms with Crippen molar-refractivity contribution in [2.75, 3.05) is 19.8 Å². The molecule has 3 aromatic heterocycles. The summed E-state index contributed by atoms with van der Waals surface area (Å²) in [5, 5.41) is 6.65. The second-order valence-corrected chi connectivity index (χ2v) is 26.8. The molecule has 6 nitrogen and oxygen atoms in total. The van der Waals surface area contributed by atoms with E-state index in [2.05, 4.69) is 309 Å². The molecule has 0 saturated carbocycles. The van der Waals surface area contributed by atoms with Gasteiger partial charge in [0.1, 0.15) is 37.1 Å². The summed E-state index contributed by atoms with van der Waals surface area (Å²) in [6.07, 6.45) is 12.0. The number of fused-ring (bicyclic) bond motifs is 12. The lowest BCUT2D eigenvalue weighted by molar-refractivity contribution is 0.370. The van der Waals surface area contributed by atoms with Crippen LogP contribution in [0.2, 0.25) is 0 Å². The highest BCUT2D eigenvalue weighted by atomic mass is 16.5. The molecule has 3 atom stereocenters. The largest absolute Gasteiger partial charge is 0.481 e. The molecule has 0 spiro atoms. The van der Waals surface area contributed by atoms with E-state index in [0.717, 1.165) is 99.6 Å². The Morgan fingerprint density at radius 1 is 0.272 bits per heavy atom. The number of pyridine rings is 3. The highest BCUT2D eigenvalue weighted by Gasteiger charge is 2.50. The second kappa shape index (κ2) is 25.6. The summed E-state index contributed by atoms with van der Waals surface area (Å²) < 4.78 is 18.2. The van der Waals surface area contributed by atoms with Crippen LogP contribution in [0, 0.1) is 35.5 Å².